The number of carbonyl (C=O) groups excluding carboxylic acids is 1. The summed E-state index contributed by atoms with van der Waals surface area (Å²) in [5, 5.41) is 8.86. The lowest BCUT2D eigenvalue weighted by molar-refractivity contribution is -0.123. The number of hydrogen-bond acceptors (Lipinski definition) is 5. The molecular formula is C14H19N5OS. The minimum Gasteiger partial charge on any atom is -0.368 e. The maximum atomic E-state index is 11.8. The van der Waals surface area contributed by atoms with E-state index in [1.807, 2.05) is 48.9 Å². The number of primary amides is 1. The predicted octanol–water partition coefficient (Wildman–Crippen LogP) is 0.945. The van der Waals surface area contributed by atoms with Crippen molar-refractivity contribution in [3.8, 4) is 0 Å². The summed E-state index contributed by atoms with van der Waals surface area (Å²) in [6.07, 6.45) is 0.433. The number of amides is 1. The standard InChI is InChI=1S/C14H19N5OS/c1-10-17-18-13(19(10)2)21-9-8-14(16,12(15)20)11-6-4-3-5-7-11/h3-7H,8-9,16H2,1-2H3,(H2,15,20). The van der Waals surface area contributed by atoms with Crippen LogP contribution < -0.4 is 11.5 Å². The van der Waals surface area contributed by atoms with Crippen molar-refractivity contribution in [1.82, 2.24) is 14.8 Å². The number of nitrogens with zero attached hydrogens (tertiary/aromatic N) is 3. The molecule has 112 valence electrons. The second-order valence-corrected chi connectivity index (χ2v) is 5.95. The molecule has 0 fully saturated rings. The van der Waals surface area contributed by atoms with Crippen molar-refractivity contribution in [2.45, 2.75) is 24.0 Å². The third kappa shape index (κ3) is 3.25. The summed E-state index contributed by atoms with van der Waals surface area (Å²) in [6, 6.07) is 9.21. The van der Waals surface area contributed by atoms with Gasteiger partial charge in [-0.2, -0.15) is 0 Å². The van der Waals surface area contributed by atoms with Gasteiger partial charge in [-0.05, 0) is 18.9 Å². The lowest BCUT2D eigenvalue weighted by atomic mass is 9.88. The highest BCUT2D eigenvalue weighted by Crippen LogP contribution is 2.26. The van der Waals surface area contributed by atoms with Crippen molar-refractivity contribution in [2.75, 3.05) is 5.75 Å². The monoisotopic (exact) mass is 305 g/mol. The molecule has 4 N–H and O–H groups in total. The largest absolute Gasteiger partial charge is 0.368 e. The Morgan fingerprint density at radius 2 is 2.00 bits per heavy atom. The molecule has 1 amide bonds. The number of benzene rings is 1. The van der Waals surface area contributed by atoms with Gasteiger partial charge in [0, 0.05) is 12.8 Å². The zero-order valence-corrected chi connectivity index (χ0v) is 12.9. The van der Waals surface area contributed by atoms with Gasteiger partial charge in [0.2, 0.25) is 5.91 Å². The van der Waals surface area contributed by atoms with Crippen LogP contribution in [-0.4, -0.2) is 26.4 Å². The molecule has 0 saturated carbocycles. The highest BCUT2D eigenvalue weighted by molar-refractivity contribution is 7.99. The van der Waals surface area contributed by atoms with E-state index in [-0.39, 0.29) is 0 Å². The van der Waals surface area contributed by atoms with Crippen LogP contribution >= 0.6 is 11.8 Å². The number of carbonyl (C=O) groups is 1. The predicted molar refractivity (Wildman–Crippen MR) is 82.6 cm³/mol. The van der Waals surface area contributed by atoms with Gasteiger partial charge in [0.05, 0.1) is 0 Å². The van der Waals surface area contributed by atoms with Crippen LogP contribution in [0.5, 0.6) is 0 Å². The molecule has 1 aromatic heterocycles. The Balaban J connectivity index is 2.08. The molecule has 0 saturated heterocycles. The molecule has 0 aliphatic rings. The Labute approximate surface area is 127 Å². The van der Waals surface area contributed by atoms with Gasteiger partial charge in [0.1, 0.15) is 11.4 Å². The van der Waals surface area contributed by atoms with Crippen LogP contribution in [0.2, 0.25) is 0 Å². The van der Waals surface area contributed by atoms with Crippen LogP contribution in [0.15, 0.2) is 35.5 Å². The van der Waals surface area contributed by atoms with Crippen LogP contribution in [0.25, 0.3) is 0 Å². The highest BCUT2D eigenvalue weighted by Gasteiger charge is 2.33. The molecule has 1 aromatic carbocycles. The number of aryl methyl sites for hydroxylation is 1. The van der Waals surface area contributed by atoms with Crippen LogP contribution in [-0.2, 0) is 17.4 Å². The van der Waals surface area contributed by atoms with Gasteiger partial charge in [-0.25, -0.2) is 0 Å². The minimum absolute atomic E-state index is 0.433. The van der Waals surface area contributed by atoms with Crippen LogP contribution in [0, 0.1) is 6.92 Å². The van der Waals surface area contributed by atoms with E-state index >= 15 is 0 Å². The molecule has 6 nitrogen and oxygen atoms in total. The van der Waals surface area contributed by atoms with E-state index in [9.17, 15) is 4.79 Å². The molecule has 0 radical (unpaired) electrons. The van der Waals surface area contributed by atoms with E-state index in [2.05, 4.69) is 10.2 Å². The zero-order valence-electron chi connectivity index (χ0n) is 12.1. The van der Waals surface area contributed by atoms with Gasteiger partial charge in [-0.15, -0.1) is 10.2 Å². The second kappa shape index (κ2) is 6.28. The van der Waals surface area contributed by atoms with E-state index in [0.29, 0.717) is 12.2 Å². The average molecular weight is 305 g/mol. The lowest BCUT2D eigenvalue weighted by Crippen LogP contribution is -2.49. The van der Waals surface area contributed by atoms with Gasteiger partial charge < -0.3 is 16.0 Å². The molecule has 1 atom stereocenters. The van der Waals surface area contributed by atoms with Crippen LogP contribution in [0.1, 0.15) is 17.8 Å². The Kier molecular flexibility index (Phi) is 4.64. The summed E-state index contributed by atoms with van der Waals surface area (Å²) >= 11 is 1.51. The van der Waals surface area contributed by atoms with E-state index in [4.69, 9.17) is 11.5 Å². The summed E-state index contributed by atoms with van der Waals surface area (Å²) in [6.45, 7) is 1.89. The van der Waals surface area contributed by atoms with E-state index in [1.165, 1.54) is 11.8 Å². The summed E-state index contributed by atoms with van der Waals surface area (Å²) in [5.41, 5.74) is 11.3. The van der Waals surface area contributed by atoms with Gasteiger partial charge >= 0.3 is 0 Å². The second-order valence-electron chi connectivity index (χ2n) is 4.89. The Hall–Kier alpha value is -1.86. The van der Waals surface area contributed by atoms with Crippen molar-refractivity contribution < 1.29 is 4.79 Å². The zero-order chi connectivity index (χ0) is 15.5. The maximum Gasteiger partial charge on any atom is 0.242 e. The summed E-state index contributed by atoms with van der Waals surface area (Å²) in [5.74, 6) is 0.943. The van der Waals surface area contributed by atoms with Crippen molar-refractivity contribution in [1.29, 1.82) is 0 Å². The SMILES string of the molecule is Cc1nnc(SCCC(N)(C(N)=O)c2ccccc2)n1C. The fraction of sp³-hybridized carbons (Fsp3) is 0.357. The Morgan fingerprint density at radius 3 is 2.52 bits per heavy atom. The summed E-state index contributed by atoms with van der Waals surface area (Å²) in [4.78, 5) is 11.8. The Morgan fingerprint density at radius 1 is 1.33 bits per heavy atom. The smallest absolute Gasteiger partial charge is 0.242 e. The molecule has 0 bridgehead atoms. The molecule has 0 spiro atoms. The number of rotatable bonds is 6. The molecule has 1 heterocycles. The lowest BCUT2D eigenvalue weighted by Gasteiger charge is -2.26. The first-order valence-electron chi connectivity index (χ1n) is 6.58. The van der Waals surface area contributed by atoms with Gasteiger partial charge in [0.15, 0.2) is 5.16 Å². The first-order chi connectivity index (χ1) is 9.95. The van der Waals surface area contributed by atoms with Gasteiger partial charge in [-0.1, -0.05) is 42.1 Å². The number of aromatic nitrogens is 3. The van der Waals surface area contributed by atoms with E-state index in [1.54, 1.807) is 0 Å². The van der Waals surface area contributed by atoms with E-state index < -0.39 is 11.4 Å². The molecule has 2 aromatic rings. The third-order valence-corrected chi connectivity index (χ3v) is 4.53. The van der Waals surface area contributed by atoms with Crippen molar-refractivity contribution in [3.63, 3.8) is 0 Å². The molecule has 0 aliphatic heterocycles. The quantitative estimate of drug-likeness (QED) is 0.774. The topological polar surface area (TPSA) is 99.8 Å². The molecular weight excluding hydrogens is 286 g/mol. The first-order valence-corrected chi connectivity index (χ1v) is 7.57. The fourth-order valence-electron chi connectivity index (χ4n) is 1.96. The first kappa shape index (κ1) is 15.5. The van der Waals surface area contributed by atoms with Crippen molar-refractivity contribution in [3.05, 3.63) is 41.7 Å². The van der Waals surface area contributed by atoms with Gasteiger partial charge in [0.25, 0.3) is 0 Å². The maximum absolute atomic E-state index is 11.8. The average Bonchev–Trinajstić information content (AvgIpc) is 2.80. The molecule has 7 heteroatoms. The summed E-state index contributed by atoms with van der Waals surface area (Å²) in [7, 11) is 1.90. The number of hydrogen-bond donors (Lipinski definition) is 2. The number of nitrogens with two attached hydrogens (primary N) is 2. The Bertz CT molecular complexity index is 628. The summed E-state index contributed by atoms with van der Waals surface area (Å²) < 4.78 is 1.90. The van der Waals surface area contributed by atoms with Crippen molar-refractivity contribution in [2.24, 2.45) is 18.5 Å². The van der Waals surface area contributed by atoms with Crippen LogP contribution in [0.4, 0.5) is 0 Å². The highest BCUT2D eigenvalue weighted by atomic mass is 32.2. The normalized spacial score (nSPS) is 13.9. The van der Waals surface area contributed by atoms with Gasteiger partial charge in [-0.3, -0.25) is 4.79 Å². The fourth-order valence-corrected chi connectivity index (χ4v) is 2.99. The van der Waals surface area contributed by atoms with E-state index in [0.717, 1.165) is 16.5 Å². The third-order valence-electron chi connectivity index (χ3n) is 3.51. The molecule has 21 heavy (non-hydrogen) atoms. The molecule has 0 aliphatic carbocycles. The molecule has 2 rings (SSSR count). The van der Waals surface area contributed by atoms with Crippen LogP contribution in [0.3, 0.4) is 0 Å². The number of thioether (sulfide) groups is 1. The molecule has 1 unspecified atom stereocenters. The van der Waals surface area contributed by atoms with Crippen molar-refractivity contribution >= 4 is 17.7 Å². The minimum atomic E-state index is -1.16.